The molecule has 23 heavy (non-hydrogen) atoms. The highest BCUT2D eigenvalue weighted by Gasteiger charge is 2.72. The molecule has 4 heteroatoms. The molecule has 5 fully saturated rings. The van der Waals surface area contributed by atoms with Crippen molar-refractivity contribution in [3.63, 3.8) is 0 Å². The third kappa shape index (κ3) is 1.72. The first kappa shape index (κ1) is 15.6. The van der Waals surface area contributed by atoms with E-state index >= 15 is 0 Å². The summed E-state index contributed by atoms with van der Waals surface area (Å²) >= 11 is 4.12. The Hall–Kier alpha value is 0.360. The number of alkyl halides is 1. The van der Waals surface area contributed by atoms with Gasteiger partial charge in [0.1, 0.15) is 0 Å². The molecule has 9 atom stereocenters. The van der Waals surface area contributed by atoms with Crippen LogP contribution in [0.3, 0.4) is 0 Å². The smallest absolute Gasteiger partial charge is 0.0738 e. The van der Waals surface area contributed by atoms with Crippen LogP contribution in [0.2, 0.25) is 0 Å². The minimum absolute atomic E-state index is 0.0101. The van der Waals surface area contributed by atoms with E-state index in [0.29, 0.717) is 17.8 Å². The van der Waals surface area contributed by atoms with E-state index in [1.807, 2.05) is 0 Å². The predicted molar refractivity (Wildman–Crippen MR) is 91.4 cm³/mol. The summed E-state index contributed by atoms with van der Waals surface area (Å²) < 4.78 is 6.34. The summed E-state index contributed by atoms with van der Waals surface area (Å²) in [5.41, 5.74) is 0.354. The standard InChI is InChI=1S/C19H29BrO3/c1-17-6-5-14-12(13(17)2-3-15(17)22)8-16-19(20)9-11(21)4-7-18(14,19)10-23-16/h11-16,21-22H,2-10H2,1H3. The van der Waals surface area contributed by atoms with Crippen LogP contribution in [0, 0.1) is 28.6 Å². The van der Waals surface area contributed by atoms with Gasteiger partial charge >= 0.3 is 0 Å². The van der Waals surface area contributed by atoms with Crippen molar-refractivity contribution in [2.45, 2.75) is 80.9 Å². The summed E-state index contributed by atoms with van der Waals surface area (Å²) in [6.45, 7) is 3.22. The van der Waals surface area contributed by atoms with Crippen LogP contribution in [0.25, 0.3) is 0 Å². The minimum atomic E-state index is -0.176. The average molecular weight is 385 g/mol. The number of hydrogen-bond acceptors (Lipinski definition) is 3. The maximum Gasteiger partial charge on any atom is 0.0738 e. The molecule has 5 rings (SSSR count). The van der Waals surface area contributed by atoms with Gasteiger partial charge in [-0.2, -0.15) is 0 Å². The van der Waals surface area contributed by atoms with E-state index in [-0.39, 0.29) is 33.5 Å². The lowest BCUT2D eigenvalue weighted by molar-refractivity contribution is -0.112. The molecule has 1 aliphatic heterocycles. The maximum absolute atomic E-state index is 10.6. The topological polar surface area (TPSA) is 49.7 Å². The fourth-order valence-electron chi connectivity index (χ4n) is 7.68. The molecule has 0 spiro atoms. The summed E-state index contributed by atoms with van der Waals surface area (Å²) in [7, 11) is 0. The highest BCUT2D eigenvalue weighted by atomic mass is 79.9. The van der Waals surface area contributed by atoms with E-state index in [1.165, 1.54) is 12.8 Å². The summed E-state index contributed by atoms with van der Waals surface area (Å²) in [6.07, 6.45) is 8.55. The van der Waals surface area contributed by atoms with Gasteiger partial charge in [0.05, 0.1) is 29.2 Å². The van der Waals surface area contributed by atoms with Crippen LogP contribution in [0.15, 0.2) is 0 Å². The first-order valence-electron chi connectivity index (χ1n) is 9.57. The molecule has 0 radical (unpaired) electrons. The molecule has 1 heterocycles. The lowest BCUT2D eigenvalue weighted by Crippen LogP contribution is -2.63. The van der Waals surface area contributed by atoms with Gasteiger partial charge in [0.25, 0.3) is 0 Å². The van der Waals surface area contributed by atoms with Crippen LogP contribution in [0.4, 0.5) is 0 Å². The van der Waals surface area contributed by atoms with Gasteiger partial charge in [-0.05, 0) is 74.5 Å². The zero-order chi connectivity index (χ0) is 16.0. The van der Waals surface area contributed by atoms with Crippen molar-refractivity contribution in [3.8, 4) is 0 Å². The van der Waals surface area contributed by atoms with Gasteiger partial charge in [-0.25, -0.2) is 0 Å². The molecular weight excluding hydrogens is 356 g/mol. The van der Waals surface area contributed by atoms with E-state index in [1.54, 1.807) is 0 Å². The first-order chi connectivity index (χ1) is 10.9. The van der Waals surface area contributed by atoms with Crippen molar-refractivity contribution in [2.24, 2.45) is 28.6 Å². The molecule has 4 aliphatic carbocycles. The number of ether oxygens (including phenoxy) is 1. The number of aliphatic hydroxyl groups excluding tert-OH is 2. The van der Waals surface area contributed by atoms with Gasteiger partial charge in [-0.1, -0.05) is 22.9 Å². The first-order valence-corrected chi connectivity index (χ1v) is 10.4. The number of halogens is 1. The van der Waals surface area contributed by atoms with Crippen LogP contribution < -0.4 is 0 Å². The van der Waals surface area contributed by atoms with Crippen LogP contribution in [-0.2, 0) is 4.74 Å². The second kappa shape index (κ2) is 4.75. The molecule has 9 unspecified atom stereocenters. The SMILES string of the molecule is CC12CCC3C(CC4OCC35CCC(O)CC45Br)C1CCC2O. The predicted octanol–water partition coefficient (Wildman–Crippen LogP) is 3.26. The van der Waals surface area contributed by atoms with Crippen molar-refractivity contribution in [2.75, 3.05) is 6.61 Å². The second-order valence-electron chi connectivity index (χ2n) is 9.47. The molecule has 4 saturated carbocycles. The van der Waals surface area contributed by atoms with Gasteiger partial charge in [0, 0.05) is 5.41 Å². The Labute approximate surface area is 147 Å². The maximum atomic E-state index is 10.6. The summed E-state index contributed by atoms with van der Waals surface area (Å²) in [5.74, 6) is 2.08. The molecule has 2 bridgehead atoms. The van der Waals surface area contributed by atoms with Gasteiger partial charge in [0.15, 0.2) is 0 Å². The number of rotatable bonds is 0. The quantitative estimate of drug-likeness (QED) is 0.630. The Morgan fingerprint density at radius 1 is 1.04 bits per heavy atom. The molecule has 5 aliphatic rings. The van der Waals surface area contributed by atoms with Crippen molar-refractivity contribution in [1.82, 2.24) is 0 Å². The lowest BCUT2D eigenvalue weighted by atomic mass is 9.45. The zero-order valence-electron chi connectivity index (χ0n) is 14.0. The van der Waals surface area contributed by atoms with Gasteiger partial charge in [0.2, 0.25) is 0 Å². The molecular formula is C19H29BrO3. The molecule has 0 aromatic heterocycles. The van der Waals surface area contributed by atoms with E-state index in [9.17, 15) is 10.2 Å². The minimum Gasteiger partial charge on any atom is -0.393 e. The van der Waals surface area contributed by atoms with E-state index < -0.39 is 0 Å². The molecule has 0 aromatic rings. The summed E-state index contributed by atoms with van der Waals surface area (Å²) in [4.78, 5) is 0. The number of fused-ring (bicyclic) bond motifs is 3. The lowest BCUT2D eigenvalue weighted by Gasteiger charge is -2.62. The third-order valence-corrected chi connectivity index (χ3v) is 10.5. The molecule has 2 N–H and O–H groups in total. The van der Waals surface area contributed by atoms with Crippen molar-refractivity contribution < 1.29 is 14.9 Å². The van der Waals surface area contributed by atoms with Crippen LogP contribution in [-0.4, -0.2) is 39.5 Å². The van der Waals surface area contributed by atoms with Gasteiger partial charge in [-0.15, -0.1) is 0 Å². The Bertz CT molecular complexity index is 527. The average Bonchev–Trinajstić information content (AvgIpc) is 2.88. The van der Waals surface area contributed by atoms with E-state index in [2.05, 4.69) is 22.9 Å². The van der Waals surface area contributed by atoms with Crippen LogP contribution in [0.1, 0.15) is 58.3 Å². The highest BCUT2D eigenvalue weighted by molar-refractivity contribution is 9.10. The zero-order valence-corrected chi connectivity index (χ0v) is 15.6. The Morgan fingerprint density at radius 2 is 1.87 bits per heavy atom. The van der Waals surface area contributed by atoms with Crippen molar-refractivity contribution in [3.05, 3.63) is 0 Å². The number of hydrogen-bond donors (Lipinski definition) is 2. The van der Waals surface area contributed by atoms with E-state index in [0.717, 1.165) is 45.1 Å². The van der Waals surface area contributed by atoms with Crippen molar-refractivity contribution in [1.29, 1.82) is 0 Å². The van der Waals surface area contributed by atoms with Crippen LogP contribution in [0.5, 0.6) is 0 Å². The molecule has 1 saturated heterocycles. The van der Waals surface area contributed by atoms with Gasteiger partial charge in [-0.3, -0.25) is 0 Å². The molecule has 0 amide bonds. The van der Waals surface area contributed by atoms with Crippen molar-refractivity contribution >= 4 is 15.9 Å². The fraction of sp³-hybridized carbons (Fsp3) is 1.00. The number of aliphatic hydroxyl groups is 2. The normalized spacial score (nSPS) is 64.2. The fourth-order valence-corrected chi connectivity index (χ4v) is 8.98. The summed E-state index contributed by atoms with van der Waals surface area (Å²) in [6, 6.07) is 0. The third-order valence-electron chi connectivity index (χ3n) is 8.92. The summed E-state index contributed by atoms with van der Waals surface area (Å²) in [5, 5.41) is 20.8. The molecule has 130 valence electrons. The van der Waals surface area contributed by atoms with Gasteiger partial charge < -0.3 is 14.9 Å². The molecule has 3 nitrogen and oxygen atoms in total. The molecule has 0 aromatic carbocycles. The monoisotopic (exact) mass is 384 g/mol. The second-order valence-corrected chi connectivity index (χ2v) is 10.9. The highest BCUT2D eigenvalue weighted by Crippen LogP contribution is 2.72. The van der Waals surface area contributed by atoms with E-state index in [4.69, 9.17) is 4.74 Å². The Balaban J connectivity index is 1.55. The van der Waals surface area contributed by atoms with Crippen LogP contribution >= 0.6 is 15.9 Å². The largest absolute Gasteiger partial charge is 0.393 e. The Kier molecular flexibility index (Phi) is 3.22. The Morgan fingerprint density at radius 3 is 2.70 bits per heavy atom.